The summed E-state index contributed by atoms with van der Waals surface area (Å²) in [5, 5.41) is 0. The lowest BCUT2D eigenvalue weighted by Gasteiger charge is -2.31. The van der Waals surface area contributed by atoms with E-state index in [0.717, 1.165) is 6.42 Å². The number of rotatable bonds is 11. The van der Waals surface area contributed by atoms with Gasteiger partial charge in [0.2, 0.25) is 0 Å². The molecule has 1 rings (SSSR count). The van der Waals surface area contributed by atoms with E-state index >= 15 is 0 Å². The molecule has 0 aliphatic carbocycles. The first-order valence-corrected chi connectivity index (χ1v) is 12.2. The minimum Gasteiger partial charge on any atom is -0.374 e. The second-order valence-electron chi connectivity index (χ2n) is 9.32. The summed E-state index contributed by atoms with van der Waals surface area (Å²) in [4.78, 5) is 23.8. The van der Waals surface area contributed by atoms with Gasteiger partial charge in [0.1, 0.15) is 18.7 Å². The van der Waals surface area contributed by atoms with Gasteiger partial charge in [-0.1, -0.05) is 41.0 Å². The highest BCUT2D eigenvalue weighted by molar-refractivity contribution is 7.53. The van der Waals surface area contributed by atoms with Crippen molar-refractivity contribution in [1.29, 1.82) is 0 Å². The van der Waals surface area contributed by atoms with Crippen molar-refractivity contribution in [2.75, 3.05) is 39.4 Å². The zero-order valence-electron chi connectivity index (χ0n) is 19.0. The van der Waals surface area contributed by atoms with Crippen LogP contribution in [0.1, 0.15) is 67.2 Å². The van der Waals surface area contributed by atoms with Gasteiger partial charge >= 0.3 is 7.60 Å². The maximum absolute atomic E-state index is 12.8. The second kappa shape index (κ2) is 11.7. The highest BCUT2D eigenvalue weighted by Crippen LogP contribution is 2.50. The summed E-state index contributed by atoms with van der Waals surface area (Å²) in [6, 6.07) is 0. The van der Waals surface area contributed by atoms with E-state index in [1.54, 1.807) is 6.92 Å². The van der Waals surface area contributed by atoms with Gasteiger partial charge in [0, 0.05) is 18.9 Å². The number of ketones is 2. The van der Waals surface area contributed by atoms with E-state index in [2.05, 4.69) is 20.8 Å². The van der Waals surface area contributed by atoms with Crippen molar-refractivity contribution in [1.82, 2.24) is 0 Å². The molecule has 0 aromatic heterocycles. The molecule has 8 heteroatoms. The number of hydrogen-bond acceptors (Lipinski definition) is 7. The molecule has 170 valence electrons. The average Bonchev–Trinajstić information content (AvgIpc) is 2.65. The second-order valence-corrected chi connectivity index (χ2v) is 11.3. The van der Waals surface area contributed by atoms with E-state index in [4.69, 9.17) is 18.5 Å². The van der Waals surface area contributed by atoms with Crippen LogP contribution in [0.15, 0.2) is 0 Å². The Morgan fingerprint density at radius 1 is 1.24 bits per heavy atom. The monoisotopic (exact) mass is 434 g/mol. The molecular formula is C21H39O7P. The number of ether oxygens (including phenoxy) is 2. The van der Waals surface area contributed by atoms with Gasteiger partial charge in [-0.25, -0.2) is 0 Å². The molecule has 7 nitrogen and oxygen atoms in total. The van der Waals surface area contributed by atoms with E-state index in [0.29, 0.717) is 25.9 Å². The van der Waals surface area contributed by atoms with Crippen molar-refractivity contribution < 1.29 is 32.7 Å². The average molecular weight is 435 g/mol. The third kappa shape index (κ3) is 9.84. The Balaban J connectivity index is 2.36. The molecule has 0 spiro atoms. The van der Waals surface area contributed by atoms with Crippen LogP contribution in [0.4, 0.5) is 0 Å². The zero-order chi connectivity index (χ0) is 22.1. The van der Waals surface area contributed by atoms with E-state index < -0.39 is 7.60 Å². The standard InChI is InChI=1S/C21H39O7P/c1-7-20(3,4)13-18(23)14-25-10-8-11-27-29(24)16-26-15-19(17(2)22)21(5,6)9-12-28-29/h19H,7-16H2,1-6H3/t19-,29?/m0/s1. The molecule has 1 fully saturated rings. The molecule has 0 aromatic rings. The van der Waals surface area contributed by atoms with Crippen LogP contribution in [0, 0.1) is 16.7 Å². The molecule has 1 aliphatic heterocycles. The fourth-order valence-electron chi connectivity index (χ4n) is 3.17. The summed E-state index contributed by atoms with van der Waals surface area (Å²) in [6.07, 6.45) is 2.36. The van der Waals surface area contributed by atoms with Crippen molar-refractivity contribution >= 4 is 19.2 Å². The minimum atomic E-state index is -3.38. The molecule has 0 radical (unpaired) electrons. The van der Waals surface area contributed by atoms with Crippen molar-refractivity contribution in [2.45, 2.75) is 67.2 Å². The Hall–Kier alpha value is -0.590. The first-order valence-electron chi connectivity index (χ1n) is 10.5. The number of carbonyl (C=O) groups excluding carboxylic acids is 2. The molecule has 1 aliphatic rings. The van der Waals surface area contributed by atoms with Crippen LogP contribution < -0.4 is 0 Å². The highest BCUT2D eigenvalue weighted by atomic mass is 31.2. The summed E-state index contributed by atoms with van der Waals surface area (Å²) in [5.74, 6) is -0.121. The summed E-state index contributed by atoms with van der Waals surface area (Å²) in [6.45, 7) is 12.8. The zero-order valence-corrected chi connectivity index (χ0v) is 19.8. The Morgan fingerprint density at radius 3 is 2.55 bits per heavy atom. The van der Waals surface area contributed by atoms with Crippen LogP contribution >= 0.6 is 7.60 Å². The molecule has 2 atom stereocenters. The van der Waals surface area contributed by atoms with E-state index in [-0.39, 0.29) is 61.1 Å². The fourth-order valence-corrected chi connectivity index (χ4v) is 4.50. The maximum Gasteiger partial charge on any atom is 0.356 e. The number of hydrogen-bond donors (Lipinski definition) is 0. The van der Waals surface area contributed by atoms with Crippen molar-refractivity contribution in [3.63, 3.8) is 0 Å². The van der Waals surface area contributed by atoms with Gasteiger partial charge in [-0.05, 0) is 30.6 Å². The Bertz CT molecular complexity index is 586. The van der Waals surface area contributed by atoms with Crippen LogP contribution in [-0.2, 0) is 32.7 Å². The van der Waals surface area contributed by atoms with Gasteiger partial charge in [0.05, 0.1) is 19.8 Å². The Labute approximate surface area is 175 Å². The van der Waals surface area contributed by atoms with Gasteiger partial charge < -0.3 is 18.5 Å². The van der Waals surface area contributed by atoms with E-state index in [9.17, 15) is 14.2 Å². The predicted molar refractivity (Wildman–Crippen MR) is 112 cm³/mol. The van der Waals surface area contributed by atoms with Gasteiger partial charge in [-0.2, -0.15) is 0 Å². The molecule has 0 bridgehead atoms. The lowest BCUT2D eigenvalue weighted by Crippen LogP contribution is -2.33. The fraction of sp³-hybridized carbons (Fsp3) is 0.905. The molecule has 0 amide bonds. The number of Topliss-reactive ketones (excluding diaryl/α,β-unsaturated/α-hetero) is 2. The summed E-state index contributed by atoms with van der Waals surface area (Å²) in [5.41, 5.74) is -0.305. The molecule has 0 saturated carbocycles. The molecule has 1 unspecified atom stereocenters. The topological polar surface area (TPSA) is 88.1 Å². The normalized spacial score (nSPS) is 25.7. The molecule has 29 heavy (non-hydrogen) atoms. The molecular weight excluding hydrogens is 395 g/mol. The SMILES string of the molecule is CCC(C)(C)CC(=O)COCCCOP1(=O)COC[C@@H](C(C)=O)C(C)(C)CCO1. The summed E-state index contributed by atoms with van der Waals surface area (Å²) >= 11 is 0. The highest BCUT2D eigenvalue weighted by Gasteiger charge is 2.37. The minimum absolute atomic E-state index is 0.00675. The third-order valence-electron chi connectivity index (χ3n) is 5.62. The quantitative estimate of drug-likeness (QED) is 0.346. The van der Waals surface area contributed by atoms with Gasteiger partial charge in [0.15, 0.2) is 5.78 Å². The van der Waals surface area contributed by atoms with Gasteiger partial charge in [0.25, 0.3) is 0 Å². The maximum atomic E-state index is 12.8. The van der Waals surface area contributed by atoms with Crippen LogP contribution in [0.25, 0.3) is 0 Å². The van der Waals surface area contributed by atoms with E-state index in [1.807, 2.05) is 13.8 Å². The van der Waals surface area contributed by atoms with Crippen molar-refractivity contribution in [2.24, 2.45) is 16.7 Å². The van der Waals surface area contributed by atoms with Crippen LogP contribution in [0.5, 0.6) is 0 Å². The summed E-state index contributed by atoms with van der Waals surface area (Å²) in [7, 11) is -3.38. The Morgan fingerprint density at radius 2 is 1.93 bits per heavy atom. The lowest BCUT2D eigenvalue weighted by molar-refractivity contribution is -0.127. The van der Waals surface area contributed by atoms with Crippen molar-refractivity contribution in [3.05, 3.63) is 0 Å². The van der Waals surface area contributed by atoms with Gasteiger partial charge in [-0.15, -0.1) is 0 Å². The number of carbonyl (C=O) groups is 2. The molecule has 1 heterocycles. The lowest BCUT2D eigenvalue weighted by atomic mass is 9.75. The third-order valence-corrected chi connectivity index (χ3v) is 7.27. The molecule has 1 saturated heterocycles. The smallest absolute Gasteiger partial charge is 0.356 e. The summed E-state index contributed by atoms with van der Waals surface area (Å²) < 4.78 is 34.8. The Kier molecular flexibility index (Phi) is 10.7. The van der Waals surface area contributed by atoms with Crippen LogP contribution in [0.2, 0.25) is 0 Å². The first kappa shape index (κ1) is 26.4. The van der Waals surface area contributed by atoms with E-state index in [1.165, 1.54) is 0 Å². The van der Waals surface area contributed by atoms with Crippen molar-refractivity contribution in [3.8, 4) is 0 Å². The predicted octanol–water partition coefficient (Wildman–Crippen LogP) is 4.62. The molecule has 0 N–H and O–H groups in total. The van der Waals surface area contributed by atoms with Crippen LogP contribution in [-0.4, -0.2) is 50.9 Å². The largest absolute Gasteiger partial charge is 0.374 e. The first-order chi connectivity index (χ1) is 13.4. The van der Waals surface area contributed by atoms with Gasteiger partial charge in [-0.3, -0.25) is 14.2 Å². The molecule has 0 aromatic carbocycles. The van der Waals surface area contributed by atoms with Crippen LogP contribution in [0.3, 0.4) is 0 Å².